The van der Waals surface area contributed by atoms with Crippen LogP contribution in [-0.2, 0) is 0 Å². The molecular formula is C57H35N5O. The van der Waals surface area contributed by atoms with Crippen molar-refractivity contribution < 1.29 is 4.42 Å². The first-order valence-electron chi connectivity index (χ1n) is 21.2. The van der Waals surface area contributed by atoms with Crippen LogP contribution < -0.4 is 0 Å². The Morgan fingerprint density at radius 3 is 1.46 bits per heavy atom. The molecule has 63 heavy (non-hydrogen) atoms. The van der Waals surface area contributed by atoms with Gasteiger partial charge in [0.05, 0.1) is 22.1 Å². The Hall–Kier alpha value is -8.61. The number of nitrogens with zero attached hydrogens (tertiary/aromatic N) is 5. The third kappa shape index (κ3) is 5.62. The molecule has 294 valence electrons. The molecule has 0 aliphatic rings. The lowest BCUT2D eigenvalue weighted by Crippen LogP contribution is -2.02. The second-order valence-electron chi connectivity index (χ2n) is 16.0. The smallest absolute Gasteiger partial charge is 0.164 e. The lowest BCUT2D eigenvalue weighted by molar-refractivity contribution is 0.669. The van der Waals surface area contributed by atoms with Gasteiger partial charge >= 0.3 is 0 Å². The average molecular weight is 806 g/mol. The van der Waals surface area contributed by atoms with Gasteiger partial charge in [0.1, 0.15) is 11.2 Å². The van der Waals surface area contributed by atoms with E-state index < -0.39 is 0 Å². The Bertz CT molecular complexity index is 3860. The molecule has 6 nitrogen and oxygen atoms in total. The highest BCUT2D eigenvalue weighted by atomic mass is 16.3. The van der Waals surface area contributed by atoms with Crippen LogP contribution in [0.15, 0.2) is 217 Å². The van der Waals surface area contributed by atoms with Gasteiger partial charge in [-0.3, -0.25) is 0 Å². The number of aromatic nitrogens is 5. The minimum atomic E-state index is 0.570. The highest BCUT2D eigenvalue weighted by Crippen LogP contribution is 2.40. The fourth-order valence-corrected chi connectivity index (χ4v) is 9.51. The molecule has 0 fully saturated rings. The fraction of sp³-hybridized carbons (Fsp3) is 0. The van der Waals surface area contributed by atoms with Crippen LogP contribution in [0.2, 0.25) is 0 Å². The Balaban J connectivity index is 1.03. The van der Waals surface area contributed by atoms with E-state index in [0.717, 1.165) is 72.2 Å². The first-order valence-corrected chi connectivity index (χ1v) is 21.2. The van der Waals surface area contributed by atoms with Gasteiger partial charge in [0.25, 0.3) is 0 Å². The predicted octanol–water partition coefficient (Wildman–Crippen LogP) is 14.6. The van der Waals surface area contributed by atoms with Crippen molar-refractivity contribution in [2.75, 3.05) is 0 Å². The molecule has 0 spiro atoms. The summed E-state index contributed by atoms with van der Waals surface area (Å²) < 4.78 is 11.1. The van der Waals surface area contributed by atoms with E-state index in [0.29, 0.717) is 17.5 Å². The maximum atomic E-state index is 6.34. The summed E-state index contributed by atoms with van der Waals surface area (Å²) in [6, 6.07) is 74.5. The summed E-state index contributed by atoms with van der Waals surface area (Å²) in [5.41, 5.74) is 13.1. The van der Waals surface area contributed by atoms with Gasteiger partial charge in [0.2, 0.25) is 0 Å². The SMILES string of the molecule is c1ccc(-c2nc(-c3ccc4c(c3)oc3ccccc34)nc(-c3cc(-n4c5ccccc5c5cc(-n6c7ccccc7c7ccccc76)ccc54)ccc3-c3ccccc3)n2)cc1. The van der Waals surface area contributed by atoms with Crippen molar-refractivity contribution in [3.63, 3.8) is 0 Å². The zero-order valence-electron chi connectivity index (χ0n) is 33.9. The maximum Gasteiger partial charge on any atom is 0.164 e. The first-order chi connectivity index (χ1) is 31.2. The van der Waals surface area contributed by atoms with E-state index >= 15 is 0 Å². The Morgan fingerprint density at radius 2 is 0.778 bits per heavy atom. The molecule has 4 aromatic heterocycles. The van der Waals surface area contributed by atoms with Crippen molar-refractivity contribution in [3.8, 4) is 56.7 Å². The van der Waals surface area contributed by atoms with Crippen LogP contribution in [0.3, 0.4) is 0 Å². The van der Waals surface area contributed by atoms with Crippen molar-refractivity contribution in [3.05, 3.63) is 212 Å². The number of para-hydroxylation sites is 4. The van der Waals surface area contributed by atoms with Crippen LogP contribution in [0, 0.1) is 0 Å². The summed E-state index contributed by atoms with van der Waals surface area (Å²) >= 11 is 0. The summed E-state index contributed by atoms with van der Waals surface area (Å²) in [4.78, 5) is 15.7. The maximum absolute atomic E-state index is 6.34. The van der Waals surface area contributed by atoms with Gasteiger partial charge in [-0.2, -0.15) is 0 Å². The van der Waals surface area contributed by atoms with Crippen LogP contribution in [0.25, 0.3) is 122 Å². The highest BCUT2D eigenvalue weighted by molar-refractivity contribution is 6.12. The summed E-state index contributed by atoms with van der Waals surface area (Å²) in [6.07, 6.45) is 0. The third-order valence-corrected chi connectivity index (χ3v) is 12.4. The summed E-state index contributed by atoms with van der Waals surface area (Å²) in [5, 5.41) is 6.98. The van der Waals surface area contributed by atoms with Crippen molar-refractivity contribution >= 4 is 65.6 Å². The largest absolute Gasteiger partial charge is 0.456 e. The molecule has 0 N–H and O–H groups in total. The lowest BCUT2D eigenvalue weighted by Gasteiger charge is -2.15. The average Bonchev–Trinajstić information content (AvgIpc) is 4.01. The van der Waals surface area contributed by atoms with Gasteiger partial charge in [-0.25, -0.2) is 15.0 Å². The Morgan fingerprint density at radius 1 is 0.286 bits per heavy atom. The second-order valence-corrected chi connectivity index (χ2v) is 16.0. The van der Waals surface area contributed by atoms with E-state index in [9.17, 15) is 0 Å². The minimum absolute atomic E-state index is 0.570. The molecule has 0 unspecified atom stereocenters. The van der Waals surface area contributed by atoms with Crippen molar-refractivity contribution in [2.45, 2.75) is 0 Å². The first kappa shape index (κ1) is 35.2. The van der Waals surface area contributed by atoms with Gasteiger partial charge in [0, 0.05) is 60.4 Å². The molecule has 0 saturated carbocycles. The standard InChI is InChI=1S/C57H35N5O/c1-3-15-36(16-4-1)41-31-28-39(62-51-25-13-9-21-44(51)47-34-40(29-32-52(47)62)61-49-23-11-7-19-42(49)43-20-8-12-24-50(43)61)35-48(41)57-59-55(37-17-5-2-6-18-37)58-56(60-57)38-27-30-46-45-22-10-14-26-53(45)63-54(46)33-38/h1-35H. The lowest BCUT2D eigenvalue weighted by atomic mass is 9.98. The molecule has 0 saturated heterocycles. The summed E-state index contributed by atoms with van der Waals surface area (Å²) in [6.45, 7) is 0. The van der Waals surface area contributed by atoms with E-state index in [1.807, 2.05) is 60.7 Å². The molecule has 9 aromatic carbocycles. The third-order valence-electron chi connectivity index (χ3n) is 12.4. The van der Waals surface area contributed by atoms with Gasteiger partial charge in [-0.05, 0) is 77.9 Å². The molecule has 4 heterocycles. The highest BCUT2D eigenvalue weighted by Gasteiger charge is 2.21. The van der Waals surface area contributed by atoms with E-state index in [-0.39, 0.29) is 0 Å². The van der Waals surface area contributed by atoms with Crippen molar-refractivity contribution in [1.29, 1.82) is 0 Å². The molecule has 0 aliphatic heterocycles. The number of hydrogen-bond donors (Lipinski definition) is 0. The normalized spacial score (nSPS) is 11.8. The molecular weight excluding hydrogens is 771 g/mol. The second kappa shape index (κ2) is 14.0. The quantitative estimate of drug-likeness (QED) is 0.168. The van der Waals surface area contributed by atoms with Crippen LogP contribution in [-0.4, -0.2) is 24.1 Å². The molecule has 0 atom stereocenters. The zero-order chi connectivity index (χ0) is 41.4. The van der Waals surface area contributed by atoms with Crippen LogP contribution in [0.5, 0.6) is 0 Å². The number of benzene rings is 9. The molecule has 0 aliphatic carbocycles. The van der Waals surface area contributed by atoms with Gasteiger partial charge in [-0.15, -0.1) is 0 Å². The van der Waals surface area contributed by atoms with Crippen molar-refractivity contribution in [1.82, 2.24) is 24.1 Å². The van der Waals surface area contributed by atoms with Crippen LogP contribution in [0.1, 0.15) is 0 Å². The Kier molecular flexibility index (Phi) is 7.80. The topological polar surface area (TPSA) is 61.7 Å². The summed E-state index contributed by atoms with van der Waals surface area (Å²) in [5.74, 6) is 1.75. The number of fused-ring (bicyclic) bond motifs is 9. The van der Waals surface area contributed by atoms with E-state index in [1.165, 1.54) is 32.6 Å². The number of rotatable bonds is 6. The predicted molar refractivity (Wildman–Crippen MR) is 258 cm³/mol. The molecule has 13 aromatic rings. The van der Waals surface area contributed by atoms with E-state index in [2.05, 4.69) is 161 Å². The molecule has 13 rings (SSSR count). The van der Waals surface area contributed by atoms with Crippen LogP contribution in [0.4, 0.5) is 0 Å². The molecule has 6 heteroatoms. The van der Waals surface area contributed by atoms with E-state index in [4.69, 9.17) is 19.4 Å². The Labute approximate surface area is 361 Å². The van der Waals surface area contributed by atoms with Gasteiger partial charge in [0.15, 0.2) is 17.5 Å². The summed E-state index contributed by atoms with van der Waals surface area (Å²) in [7, 11) is 0. The van der Waals surface area contributed by atoms with Gasteiger partial charge in [-0.1, -0.05) is 146 Å². The van der Waals surface area contributed by atoms with Crippen molar-refractivity contribution in [2.24, 2.45) is 0 Å². The zero-order valence-corrected chi connectivity index (χ0v) is 33.9. The van der Waals surface area contributed by atoms with E-state index in [1.54, 1.807) is 0 Å². The monoisotopic (exact) mass is 805 g/mol. The number of furan rings is 1. The minimum Gasteiger partial charge on any atom is -0.456 e. The molecule has 0 amide bonds. The van der Waals surface area contributed by atoms with Gasteiger partial charge < -0.3 is 13.6 Å². The molecule has 0 bridgehead atoms. The van der Waals surface area contributed by atoms with Crippen LogP contribution >= 0.6 is 0 Å². The molecule has 0 radical (unpaired) electrons. The fourth-order valence-electron chi connectivity index (χ4n) is 9.51. The number of hydrogen-bond acceptors (Lipinski definition) is 4.